The van der Waals surface area contributed by atoms with Crippen molar-refractivity contribution in [2.45, 2.75) is 19.4 Å². The molecule has 0 saturated carbocycles. The van der Waals surface area contributed by atoms with Crippen LogP contribution in [0, 0.1) is 0 Å². The molecule has 1 aliphatic heterocycles. The number of amides is 1. The summed E-state index contributed by atoms with van der Waals surface area (Å²) in [4.78, 5) is 13.4. The van der Waals surface area contributed by atoms with E-state index in [2.05, 4.69) is 18.3 Å². The third-order valence-corrected chi connectivity index (χ3v) is 3.09. The predicted octanol–water partition coefficient (Wildman–Crippen LogP) is 2.31. The van der Waals surface area contributed by atoms with Crippen LogP contribution in [0.4, 0.5) is 10.5 Å². The number of nitrogens with one attached hydrogen (secondary N) is 1. The Morgan fingerprint density at radius 2 is 2.29 bits per heavy atom. The summed E-state index contributed by atoms with van der Waals surface area (Å²) in [6.07, 6.45) is 0.632. The van der Waals surface area contributed by atoms with Crippen molar-refractivity contribution in [3.63, 3.8) is 0 Å². The van der Waals surface area contributed by atoms with Crippen LogP contribution in [0.15, 0.2) is 24.3 Å². The van der Waals surface area contributed by atoms with Crippen molar-refractivity contribution in [3.8, 4) is 0 Å². The van der Waals surface area contributed by atoms with Crippen LogP contribution in [0.5, 0.6) is 0 Å². The molecule has 0 aromatic heterocycles. The number of carbonyl (C=O) groups excluding carboxylic acids is 1. The fraction of sp³-hybridized carbons (Fsp3) is 0.462. The molecule has 0 saturated heterocycles. The van der Waals surface area contributed by atoms with Gasteiger partial charge in [-0.2, -0.15) is 0 Å². The van der Waals surface area contributed by atoms with Crippen LogP contribution in [0.1, 0.15) is 24.9 Å². The molecule has 1 aromatic carbocycles. The smallest absolute Gasteiger partial charge is 0.414 e. The van der Waals surface area contributed by atoms with Gasteiger partial charge in [-0.1, -0.05) is 25.1 Å². The highest BCUT2D eigenvalue weighted by Crippen LogP contribution is 2.33. The van der Waals surface area contributed by atoms with Crippen molar-refractivity contribution >= 4 is 11.8 Å². The molecule has 0 bridgehead atoms. The number of hydrogen-bond donors (Lipinski definition) is 1. The normalized spacial score (nSPS) is 18.7. The molecule has 1 heterocycles. The SMILES string of the molecule is CCNC1CCN(C(=O)OC)c2ccccc21. The highest BCUT2D eigenvalue weighted by atomic mass is 16.5. The molecule has 1 N–H and O–H groups in total. The standard InChI is InChI=1S/C13H18N2O2/c1-3-14-11-8-9-15(13(16)17-2)12-7-5-4-6-10(11)12/h4-7,11,14H,3,8-9H2,1-2H3. The Labute approximate surface area is 102 Å². The van der Waals surface area contributed by atoms with E-state index in [-0.39, 0.29) is 6.09 Å². The van der Waals surface area contributed by atoms with Crippen LogP contribution in [-0.4, -0.2) is 26.3 Å². The quantitative estimate of drug-likeness (QED) is 0.853. The third-order valence-electron chi connectivity index (χ3n) is 3.09. The molecule has 0 aliphatic carbocycles. The van der Waals surface area contributed by atoms with E-state index in [0.717, 1.165) is 18.7 Å². The lowest BCUT2D eigenvalue weighted by molar-refractivity contribution is 0.177. The van der Waals surface area contributed by atoms with E-state index in [1.165, 1.54) is 12.7 Å². The maximum Gasteiger partial charge on any atom is 0.414 e. The summed E-state index contributed by atoms with van der Waals surface area (Å²) in [5.41, 5.74) is 2.13. The van der Waals surface area contributed by atoms with Gasteiger partial charge in [-0.3, -0.25) is 4.90 Å². The minimum absolute atomic E-state index is 0.285. The zero-order valence-corrected chi connectivity index (χ0v) is 10.3. The van der Waals surface area contributed by atoms with Crippen LogP contribution in [0.3, 0.4) is 0 Å². The number of carbonyl (C=O) groups is 1. The molecule has 17 heavy (non-hydrogen) atoms. The number of rotatable bonds is 2. The first kappa shape index (κ1) is 11.9. The van der Waals surface area contributed by atoms with Crippen molar-refractivity contribution in [3.05, 3.63) is 29.8 Å². The maximum absolute atomic E-state index is 11.7. The summed E-state index contributed by atoms with van der Waals surface area (Å²) in [5.74, 6) is 0. The second-order valence-corrected chi connectivity index (χ2v) is 4.08. The van der Waals surface area contributed by atoms with E-state index in [1.807, 2.05) is 18.2 Å². The lowest BCUT2D eigenvalue weighted by atomic mass is 9.96. The second-order valence-electron chi connectivity index (χ2n) is 4.08. The molecule has 1 unspecified atom stereocenters. The lowest BCUT2D eigenvalue weighted by Crippen LogP contribution is -2.39. The molecule has 1 atom stereocenters. The molecule has 0 radical (unpaired) electrons. The summed E-state index contributed by atoms with van der Waals surface area (Å²) in [6, 6.07) is 8.32. The van der Waals surface area contributed by atoms with Gasteiger partial charge in [0.25, 0.3) is 0 Å². The van der Waals surface area contributed by atoms with E-state index in [1.54, 1.807) is 4.90 Å². The lowest BCUT2D eigenvalue weighted by Gasteiger charge is -2.33. The molecule has 92 valence electrons. The molecule has 4 heteroatoms. The van der Waals surface area contributed by atoms with Gasteiger partial charge in [0.05, 0.1) is 12.8 Å². The van der Waals surface area contributed by atoms with Gasteiger partial charge < -0.3 is 10.1 Å². The topological polar surface area (TPSA) is 41.6 Å². The summed E-state index contributed by atoms with van der Waals surface area (Å²) in [6.45, 7) is 3.72. The van der Waals surface area contributed by atoms with Crippen LogP contribution >= 0.6 is 0 Å². The first-order valence-corrected chi connectivity index (χ1v) is 5.95. The Hall–Kier alpha value is -1.55. The second kappa shape index (κ2) is 5.19. The molecular weight excluding hydrogens is 216 g/mol. The Balaban J connectivity index is 2.33. The summed E-state index contributed by atoms with van der Waals surface area (Å²) in [5, 5.41) is 3.44. The molecular formula is C13H18N2O2. The Kier molecular flexibility index (Phi) is 3.64. The molecule has 1 amide bonds. The number of benzene rings is 1. The fourth-order valence-electron chi connectivity index (χ4n) is 2.32. The predicted molar refractivity (Wildman–Crippen MR) is 67.2 cm³/mol. The molecule has 4 nitrogen and oxygen atoms in total. The average Bonchev–Trinajstić information content (AvgIpc) is 2.38. The largest absolute Gasteiger partial charge is 0.452 e. The number of hydrogen-bond acceptors (Lipinski definition) is 3. The number of para-hydroxylation sites is 1. The van der Waals surface area contributed by atoms with Gasteiger partial charge in [-0.05, 0) is 24.6 Å². The van der Waals surface area contributed by atoms with Crippen LogP contribution in [0.2, 0.25) is 0 Å². The van der Waals surface area contributed by atoms with Gasteiger partial charge in [-0.15, -0.1) is 0 Å². The monoisotopic (exact) mass is 234 g/mol. The van der Waals surface area contributed by atoms with Gasteiger partial charge >= 0.3 is 6.09 Å². The number of methoxy groups -OCH3 is 1. The molecule has 0 fully saturated rings. The van der Waals surface area contributed by atoms with Crippen molar-refractivity contribution < 1.29 is 9.53 Å². The summed E-state index contributed by atoms with van der Waals surface area (Å²) >= 11 is 0. The van der Waals surface area contributed by atoms with Gasteiger partial charge in [0.15, 0.2) is 0 Å². The van der Waals surface area contributed by atoms with Crippen LogP contribution in [0.25, 0.3) is 0 Å². The number of ether oxygens (including phenoxy) is 1. The van der Waals surface area contributed by atoms with Crippen molar-refractivity contribution in [1.82, 2.24) is 5.32 Å². The van der Waals surface area contributed by atoms with E-state index < -0.39 is 0 Å². The summed E-state index contributed by atoms with van der Waals surface area (Å²) < 4.78 is 4.81. The number of fused-ring (bicyclic) bond motifs is 1. The molecule has 2 rings (SSSR count). The fourth-order valence-corrected chi connectivity index (χ4v) is 2.32. The van der Waals surface area contributed by atoms with Gasteiger partial charge in [0, 0.05) is 12.6 Å². The van der Waals surface area contributed by atoms with E-state index in [0.29, 0.717) is 12.6 Å². The minimum Gasteiger partial charge on any atom is -0.452 e. The first-order valence-electron chi connectivity index (χ1n) is 5.95. The molecule has 1 aliphatic rings. The summed E-state index contributed by atoms with van der Waals surface area (Å²) in [7, 11) is 1.42. The molecule has 0 spiro atoms. The van der Waals surface area contributed by atoms with Crippen molar-refractivity contribution in [2.24, 2.45) is 0 Å². The number of nitrogens with zero attached hydrogens (tertiary/aromatic N) is 1. The van der Waals surface area contributed by atoms with E-state index in [4.69, 9.17) is 4.74 Å². The Morgan fingerprint density at radius 3 is 3.00 bits per heavy atom. The van der Waals surface area contributed by atoms with E-state index >= 15 is 0 Å². The zero-order chi connectivity index (χ0) is 12.3. The highest BCUT2D eigenvalue weighted by molar-refractivity contribution is 5.89. The average molecular weight is 234 g/mol. The highest BCUT2D eigenvalue weighted by Gasteiger charge is 2.28. The van der Waals surface area contributed by atoms with Gasteiger partial charge in [0.2, 0.25) is 0 Å². The maximum atomic E-state index is 11.7. The minimum atomic E-state index is -0.285. The van der Waals surface area contributed by atoms with Gasteiger partial charge in [0.1, 0.15) is 0 Å². The van der Waals surface area contributed by atoms with Crippen LogP contribution < -0.4 is 10.2 Å². The van der Waals surface area contributed by atoms with Crippen molar-refractivity contribution in [2.75, 3.05) is 25.1 Å². The first-order chi connectivity index (χ1) is 8.27. The Bertz CT molecular complexity index is 406. The number of anilines is 1. The van der Waals surface area contributed by atoms with Crippen molar-refractivity contribution in [1.29, 1.82) is 0 Å². The zero-order valence-electron chi connectivity index (χ0n) is 10.3. The van der Waals surface area contributed by atoms with E-state index in [9.17, 15) is 4.79 Å². The third kappa shape index (κ3) is 2.26. The van der Waals surface area contributed by atoms with Gasteiger partial charge in [-0.25, -0.2) is 4.79 Å². The Morgan fingerprint density at radius 1 is 1.53 bits per heavy atom. The van der Waals surface area contributed by atoms with Crippen LogP contribution in [-0.2, 0) is 4.74 Å². The molecule has 1 aromatic rings.